The van der Waals surface area contributed by atoms with Crippen LogP contribution < -0.4 is 14.8 Å². The number of benzene rings is 1. The van der Waals surface area contributed by atoms with Crippen molar-refractivity contribution in [3.8, 4) is 11.5 Å². The normalized spacial score (nSPS) is 18.0. The van der Waals surface area contributed by atoms with Gasteiger partial charge in [0.1, 0.15) is 12.7 Å². The minimum absolute atomic E-state index is 0.0544. The molecular formula is C13H15F4NO4S. The van der Waals surface area contributed by atoms with Crippen LogP contribution in [0.25, 0.3) is 0 Å². The number of ether oxygens (including phenoxy) is 2. The molecule has 2 rings (SSSR count). The van der Waals surface area contributed by atoms with Crippen molar-refractivity contribution >= 4 is 9.84 Å². The summed E-state index contributed by atoms with van der Waals surface area (Å²) in [5, 5.41) is 2.56. The zero-order valence-electron chi connectivity index (χ0n) is 12.1. The number of fused-ring (bicyclic) bond motifs is 1. The van der Waals surface area contributed by atoms with Crippen LogP contribution in [0.4, 0.5) is 17.6 Å². The third-order valence-corrected chi connectivity index (χ3v) is 4.17. The van der Waals surface area contributed by atoms with Gasteiger partial charge in [-0.05, 0) is 6.07 Å². The van der Waals surface area contributed by atoms with Gasteiger partial charge in [0.25, 0.3) is 0 Å². The lowest BCUT2D eigenvalue weighted by Gasteiger charge is -2.27. The number of sulfone groups is 1. The monoisotopic (exact) mass is 357 g/mol. The first kappa shape index (κ1) is 17.8. The molecule has 130 valence electrons. The summed E-state index contributed by atoms with van der Waals surface area (Å²) in [7, 11) is -3.63. The van der Waals surface area contributed by atoms with E-state index in [4.69, 9.17) is 9.47 Å². The summed E-state index contributed by atoms with van der Waals surface area (Å²) in [4.78, 5) is -0.261. The van der Waals surface area contributed by atoms with Crippen LogP contribution in [0.15, 0.2) is 17.0 Å². The van der Waals surface area contributed by atoms with Crippen LogP contribution >= 0.6 is 0 Å². The second-order valence-electron chi connectivity index (χ2n) is 5.12. The smallest absolute Gasteiger partial charge is 0.390 e. The van der Waals surface area contributed by atoms with Crippen LogP contribution in [0, 0.1) is 5.82 Å². The topological polar surface area (TPSA) is 64.6 Å². The average Bonchev–Trinajstić information content (AvgIpc) is 2.41. The fraction of sp³-hybridized carbons (Fsp3) is 0.538. The summed E-state index contributed by atoms with van der Waals surface area (Å²) < 4.78 is 83.4. The Morgan fingerprint density at radius 1 is 1.35 bits per heavy atom. The largest absolute Gasteiger partial charge is 0.483 e. The molecule has 5 nitrogen and oxygen atoms in total. The Labute approximate surface area is 130 Å². The van der Waals surface area contributed by atoms with E-state index in [1.807, 2.05) is 0 Å². The van der Waals surface area contributed by atoms with Crippen LogP contribution in [-0.2, 0) is 9.84 Å². The van der Waals surface area contributed by atoms with E-state index in [1.54, 1.807) is 0 Å². The average molecular weight is 357 g/mol. The molecule has 1 heterocycles. The highest BCUT2D eigenvalue weighted by atomic mass is 32.2. The molecule has 0 saturated carbocycles. The van der Waals surface area contributed by atoms with Crippen LogP contribution in [0.2, 0.25) is 0 Å². The van der Waals surface area contributed by atoms with Crippen molar-refractivity contribution in [1.29, 1.82) is 0 Å². The van der Waals surface area contributed by atoms with E-state index in [0.717, 1.165) is 18.4 Å². The number of hydrogen-bond acceptors (Lipinski definition) is 5. The van der Waals surface area contributed by atoms with Crippen molar-refractivity contribution in [2.24, 2.45) is 0 Å². The highest BCUT2D eigenvalue weighted by Gasteiger charge is 2.28. The van der Waals surface area contributed by atoms with Gasteiger partial charge in [-0.25, -0.2) is 12.8 Å². The summed E-state index contributed by atoms with van der Waals surface area (Å²) in [5.74, 6) is -1.16. The second kappa shape index (κ2) is 6.52. The number of nitrogens with one attached hydrogen (secondary N) is 1. The zero-order chi connectivity index (χ0) is 17.3. The molecule has 0 aromatic heterocycles. The number of rotatable bonds is 5. The van der Waals surface area contributed by atoms with Gasteiger partial charge in [0.05, 0.1) is 11.3 Å². The molecule has 23 heavy (non-hydrogen) atoms. The third kappa shape index (κ3) is 4.96. The fourth-order valence-electron chi connectivity index (χ4n) is 1.97. The summed E-state index contributed by atoms with van der Waals surface area (Å²) in [6.45, 7) is -0.282. The molecule has 1 aromatic rings. The number of alkyl halides is 3. The molecule has 1 aliphatic rings. The van der Waals surface area contributed by atoms with Gasteiger partial charge in [0, 0.05) is 25.4 Å². The lowest BCUT2D eigenvalue weighted by Crippen LogP contribution is -2.39. The molecule has 1 atom stereocenters. The first-order chi connectivity index (χ1) is 10.6. The van der Waals surface area contributed by atoms with E-state index in [0.29, 0.717) is 0 Å². The summed E-state index contributed by atoms with van der Waals surface area (Å²) in [6, 6.07) is 1.97. The maximum atomic E-state index is 13.8. The fourth-order valence-corrected chi connectivity index (χ4v) is 2.61. The van der Waals surface area contributed by atoms with Gasteiger partial charge in [0.2, 0.25) is 0 Å². The molecule has 1 aliphatic heterocycles. The summed E-state index contributed by atoms with van der Waals surface area (Å²) in [5.41, 5.74) is 0. The Morgan fingerprint density at radius 3 is 2.65 bits per heavy atom. The van der Waals surface area contributed by atoms with Crippen molar-refractivity contribution in [3.63, 3.8) is 0 Å². The Kier molecular flexibility index (Phi) is 5.04. The van der Waals surface area contributed by atoms with Crippen LogP contribution in [-0.4, -0.2) is 46.7 Å². The molecule has 0 bridgehead atoms. The molecule has 0 spiro atoms. The molecule has 0 unspecified atom stereocenters. The van der Waals surface area contributed by atoms with Gasteiger partial charge in [0.15, 0.2) is 27.2 Å². The van der Waals surface area contributed by atoms with Crippen LogP contribution in [0.3, 0.4) is 0 Å². The molecule has 0 fully saturated rings. The third-order valence-electron chi connectivity index (χ3n) is 3.08. The summed E-state index contributed by atoms with van der Waals surface area (Å²) >= 11 is 0. The van der Waals surface area contributed by atoms with Gasteiger partial charge in [-0.1, -0.05) is 0 Å². The van der Waals surface area contributed by atoms with Crippen LogP contribution in [0.1, 0.15) is 6.42 Å². The molecule has 0 aliphatic carbocycles. The lowest BCUT2D eigenvalue weighted by molar-refractivity contribution is -0.133. The van der Waals surface area contributed by atoms with E-state index in [-0.39, 0.29) is 36.1 Å². The quantitative estimate of drug-likeness (QED) is 0.644. The van der Waals surface area contributed by atoms with E-state index in [1.165, 1.54) is 0 Å². The minimum atomic E-state index is -4.25. The highest BCUT2D eigenvalue weighted by molar-refractivity contribution is 7.90. The molecule has 1 N–H and O–H groups in total. The molecule has 1 aromatic carbocycles. The van der Waals surface area contributed by atoms with Gasteiger partial charge >= 0.3 is 6.18 Å². The summed E-state index contributed by atoms with van der Waals surface area (Å²) in [6.07, 6.45) is -4.96. The van der Waals surface area contributed by atoms with Crippen LogP contribution in [0.5, 0.6) is 11.5 Å². The van der Waals surface area contributed by atoms with E-state index >= 15 is 0 Å². The van der Waals surface area contributed by atoms with Gasteiger partial charge in [-0.15, -0.1) is 0 Å². The zero-order valence-corrected chi connectivity index (χ0v) is 12.9. The maximum Gasteiger partial charge on any atom is 0.390 e. The Bertz CT molecular complexity index is 675. The van der Waals surface area contributed by atoms with E-state index in [2.05, 4.69) is 5.32 Å². The maximum absolute atomic E-state index is 13.8. The SMILES string of the molecule is CS(=O)(=O)c1cc(F)c2c(c1)O[C@@H](CNCCC(F)(F)F)CO2. The predicted molar refractivity (Wildman–Crippen MR) is 73.0 cm³/mol. The first-order valence-corrected chi connectivity index (χ1v) is 8.56. The number of halogens is 4. The van der Waals surface area contributed by atoms with Gasteiger partial charge < -0.3 is 14.8 Å². The standard InChI is InChI=1S/C13H15F4NO4S/c1-23(19,20)9-4-10(14)12-11(5-9)22-8(7-21-12)6-18-3-2-13(15,16)17/h4-5,8,18H,2-3,6-7H2,1H3/t8-/m0/s1. The predicted octanol–water partition coefficient (Wildman–Crippen LogP) is 1.91. The first-order valence-electron chi connectivity index (χ1n) is 6.67. The van der Waals surface area contributed by atoms with Crippen molar-refractivity contribution in [3.05, 3.63) is 17.9 Å². The number of hydrogen-bond donors (Lipinski definition) is 1. The highest BCUT2D eigenvalue weighted by Crippen LogP contribution is 2.36. The van der Waals surface area contributed by atoms with E-state index < -0.39 is 34.4 Å². The molecule has 10 heteroatoms. The molecule has 0 saturated heterocycles. The Balaban J connectivity index is 2.01. The Morgan fingerprint density at radius 2 is 2.04 bits per heavy atom. The van der Waals surface area contributed by atoms with Crippen molar-refractivity contribution < 1.29 is 35.5 Å². The van der Waals surface area contributed by atoms with Crippen molar-refractivity contribution in [2.75, 3.05) is 26.0 Å². The molecular weight excluding hydrogens is 342 g/mol. The second-order valence-corrected chi connectivity index (χ2v) is 7.14. The van der Waals surface area contributed by atoms with Gasteiger partial charge in [-0.2, -0.15) is 13.2 Å². The van der Waals surface area contributed by atoms with Gasteiger partial charge in [-0.3, -0.25) is 0 Å². The van der Waals surface area contributed by atoms with Crippen molar-refractivity contribution in [2.45, 2.75) is 23.6 Å². The van der Waals surface area contributed by atoms with E-state index in [9.17, 15) is 26.0 Å². The minimum Gasteiger partial charge on any atom is -0.483 e. The lowest BCUT2D eigenvalue weighted by atomic mass is 10.2. The molecule has 0 amide bonds. The molecule has 0 radical (unpaired) electrons. The Hall–Kier alpha value is -1.55. The van der Waals surface area contributed by atoms with Crippen molar-refractivity contribution in [1.82, 2.24) is 5.32 Å².